The van der Waals surface area contributed by atoms with E-state index in [-0.39, 0.29) is 12.5 Å². The van der Waals surface area contributed by atoms with Crippen molar-refractivity contribution in [3.05, 3.63) is 64.2 Å². The molecule has 0 saturated carbocycles. The van der Waals surface area contributed by atoms with E-state index < -0.39 is 0 Å². The lowest BCUT2D eigenvalue weighted by molar-refractivity contribution is -0.123. The van der Waals surface area contributed by atoms with Crippen LogP contribution in [0.1, 0.15) is 27.8 Å². The molecule has 116 valence electrons. The predicted molar refractivity (Wildman–Crippen MR) is 89.2 cm³/mol. The highest BCUT2D eigenvalue weighted by Gasteiger charge is 2.07. The van der Waals surface area contributed by atoms with Gasteiger partial charge in [0.05, 0.1) is 0 Å². The molecule has 0 bridgehead atoms. The predicted octanol–water partition coefficient (Wildman–Crippen LogP) is 3.62. The average Bonchev–Trinajstić information content (AvgIpc) is 2.48. The third-order valence-corrected chi connectivity index (χ3v) is 3.86. The fourth-order valence-corrected chi connectivity index (χ4v) is 2.35. The maximum atomic E-state index is 11.9. The van der Waals surface area contributed by atoms with E-state index in [4.69, 9.17) is 4.74 Å². The highest BCUT2D eigenvalue weighted by molar-refractivity contribution is 5.77. The van der Waals surface area contributed by atoms with Crippen LogP contribution in [-0.2, 0) is 11.3 Å². The molecule has 0 radical (unpaired) electrons. The lowest BCUT2D eigenvalue weighted by Gasteiger charge is -2.13. The van der Waals surface area contributed by atoms with Crippen LogP contribution in [0.3, 0.4) is 0 Å². The van der Waals surface area contributed by atoms with Gasteiger partial charge in [-0.05, 0) is 61.6 Å². The molecular weight excluding hydrogens is 274 g/mol. The third kappa shape index (κ3) is 4.10. The van der Waals surface area contributed by atoms with Crippen molar-refractivity contribution in [3.8, 4) is 5.75 Å². The molecule has 0 saturated heterocycles. The number of hydrogen-bond acceptors (Lipinski definition) is 2. The van der Waals surface area contributed by atoms with Crippen LogP contribution >= 0.6 is 0 Å². The Balaban J connectivity index is 1.90. The fraction of sp³-hybridized carbons (Fsp3) is 0.316. The van der Waals surface area contributed by atoms with Gasteiger partial charge in [0.15, 0.2) is 6.61 Å². The van der Waals surface area contributed by atoms with Gasteiger partial charge in [-0.1, -0.05) is 30.3 Å². The van der Waals surface area contributed by atoms with Gasteiger partial charge in [0.1, 0.15) is 5.75 Å². The Bertz CT molecular complexity index is 677. The summed E-state index contributed by atoms with van der Waals surface area (Å²) < 4.78 is 5.67. The second-order valence-corrected chi connectivity index (χ2v) is 5.70. The van der Waals surface area contributed by atoms with Gasteiger partial charge in [-0.25, -0.2) is 0 Å². The van der Waals surface area contributed by atoms with Crippen molar-refractivity contribution < 1.29 is 9.53 Å². The molecular formula is C19H23NO2. The minimum atomic E-state index is -0.109. The van der Waals surface area contributed by atoms with Crippen molar-refractivity contribution in [1.29, 1.82) is 0 Å². The molecule has 1 amide bonds. The van der Waals surface area contributed by atoms with Gasteiger partial charge in [-0.3, -0.25) is 4.79 Å². The molecule has 0 aliphatic carbocycles. The molecule has 0 aromatic heterocycles. The molecule has 0 aliphatic rings. The second kappa shape index (κ2) is 7.12. The Morgan fingerprint density at radius 3 is 2.50 bits per heavy atom. The van der Waals surface area contributed by atoms with Crippen molar-refractivity contribution in [2.45, 2.75) is 34.2 Å². The number of benzene rings is 2. The van der Waals surface area contributed by atoms with E-state index in [0.29, 0.717) is 6.54 Å². The molecule has 2 rings (SSSR count). The summed E-state index contributed by atoms with van der Waals surface area (Å²) in [5.41, 5.74) is 5.69. The van der Waals surface area contributed by atoms with Gasteiger partial charge in [0, 0.05) is 6.54 Å². The Labute approximate surface area is 132 Å². The Morgan fingerprint density at radius 2 is 1.77 bits per heavy atom. The molecule has 22 heavy (non-hydrogen) atoms. The van der Waals surface area contributed by atoms with E-state index in [2.05, 4.69) is 11.4 Å². The fourth-order valence-electron chi connectivity index (χ4n) is 2.35. The zero-order valence-corrected chi connectivity index (χ0v) is 13.7. The van der Waals surface area contributed by atoms with Crippen LogP contribution < -0.4 is 10.1 Å². The first-order chi connectivity index (χ1) is 10.5. The van der Waals surface area contributed by atoms with Crippen LogP contribution in [0.25, 0.3) is 0 Å². The van der Waals surface area contributed by atoms with Crippen molar-refractivity contribution in [2.24, 2.45) is 0 Å². The van der Waals surface area contributed by atoms with Gasteiger partial charge in [0.2, 0.25) is 0 Å². The van der Waals surface area contributed by atoms with Gasteiger partial charge in [0.25, 0.3) is 5.91 Å². The van der Waals surface area contributed by atoms with E-state index in [1.807, 2.05) is 58.0 Å². The number of carbonyl (C=O) groups excluding carboxylic acids is 1. The molecule has 0 spiro atoms. The van der Waals surface area contributed by atoms with E-state index >= 15 is 0 Å². The number of aryl methyl sites for hydroxylation is 3. The summed E-state index contributed by atoms with van der Waals surface area (Å²) in [5, 5.41) is 2.89. The van der Waals surface area contributed by atoms with Gasteiger partial charge < -0.3 is 10.1 Å². The van der Waals surface area contributed by atoms with Crippen LogP contribution in [0.5, 0.6) is 5.75 Å². The largest absolute Gasteiger partial charge is 0.483 e. The molecule has 2 aromatic carbocycles. The van der Waals surface area contributed by atoms with Crippen LogP contribution in [0.15, 0.2) is 36.4 Å². The molecule has 3 nitrogen and oxygen atoms in total. The van der Waals surface area contributed by atoms with Crippen molar-refractivity contribution in [2.75, 3.05) is 6.61 Å². The van der Waals surface area contributed by atoms with Crippen LogP contribution in [0.2, 0.25) is 0 Å². The van der Waals surface area contributed by atoms with Crippen LogP contribution in [-0.4, -0.2) is 12.5 Å². The van der Waals surface area contributed by atoms with Crippen LogP contribution in [0, 0.1) is 27.7 Å². The van der Waals surface area contributed by atoms with Gasteiger partial charge in [-0.15, -0.1) is 0 Å². The lowest BCUT2D eigenvalue weighted by atomic mass is 10.1. The number of carbonyl (C=O) groups is 1. The standard InChI is InChI=1S/C19H23NO2/c1-13-9-15(3)16(4)18(10-13)22-12-19(21)20-11-17-8-6-5-7-14(17)2/h5-10H,11-12H2,1-4H3,(H,20,21). The quantitative estimate of drug-likeness (QED) is 0.915. The molecule has 0 unspecified atom stereocenters. The molecule has 0 heterocycles. The highest BCUT2D eigenvalue weighted by atomic mass is 16.5. The monoisotopic (exact) mass is 297 g/mol. The van der Waals surface area contributed by atoms with Crippen molar-refractivity contribution >= 4 is 5.91 Å². The molecule has 0 aliphatic heterocycles. The summed E-state index contributed by atoms with van der Waals surface area (Å²) in [6, 6.07) is 12.1. The highest BCUT2D eigenvalue weighted by Crippen LogP contribution is 2.23. The normalized spacial score (nSPS) is 10.4. The summed E-state index contributed by atoms with van der Waals surface area (Å²) in [4.78, 5) is 11.9. The number of amides is 1. The average molecular weight is 297 g/mol. The van der Waals surface area contributed by atoms with Gasteiger partial charge in [-0.2, -0.15) is 0 Å². The molecule has 2 aromatic rings. The summed E-state index contributed by atoms with van der Waals surface area (Å²) in [5.74, 6) is 0.672. The second-order valence-electron chi connectivity index (χ2n) is 5.70. The Kier molecular flexibility index (Phi) is 5.21. The minimum absolute atomic E-state index is 0.0373. The van der Waals surface area contributed by atoms with Crippen molar-refractivity contribution in [1.82, 2.24) is 5.32 Å². The minimum Gasteiger partial charge on any atom is -0.483 e. The smallest absolute Gasteiger partial charge is 0.258 e. The van der Waals surface area contributed by atoms with E-state index in [1.165, 1.54) is 11.1 Å². The SMILES string of the molecule is Cc1cc(C)c(C)c(OCC(=O)NCc2ccccc2C)c1. The Morgan fingerprint density at radius 1 is 1.05 bits per heavy atom. The topological polar surface area (TPSA) is 38.3 Å². The summed E-state index contributed by atoms with van der Waals surface area (Å²) >= 11 is 0. The summed E-state index contributed by atoms with van der Waals surface area (Å²) in [6.45, 7) is 8.69. The van der Waals surface area contributed by atoms with E-state index in [0.717, 1.165) is 22.4 Å². The Hall–Kier alpha value is -2.29. The first kappa shape index (κ1) is 16.1. The zero-order chi connectivity index (χ0) is 16.1. The molecule has 1 N–H and O–H groups in total. The first-order valence-corrected chi connectivity index (χ1v) is 7.49. The van der Waals surface area contributed by atoms with E-state index in [1.54, 1.807) is 0 Å². The number of nitrogens with one attached hydrogen (secondary N) is 1. The summed E-state index contributed by atoms with van der Waals surface area (Å²) in [6.07, 6.45) is 0. The lowest BCUT2D eigenvalue weighted by Crippen LogP contribution is -2.28. The number of ether oxygens (including phenoxy) is 1. The van der Waals surface area contributed by atoms with Gasteiger partial charge >= 0.3 is 0 Å². The maximum Gasteiger partial charge on any atom is 0.258 e. The maximum absolute atomic E-state index is 11.9. The first-order valence-electron chi connectivity index (χ1n) is 7.49. The zero-order valence-electron chi connectivity index (χ0n) is 13.7. The van der Waals surface area contributed by atoms with Crippen molar-refractivity contribution in [3.63, 3.8) is 0 Å². The molecule has 3 heteroatoms. The molecule has 0 fully saturated rings. The summed E-state index contributed by atoms with van der Waals surface area (Å²) in [7, 11) is 0. The van der Waals surface area contributed by atoms with Crippen LogP contribution in [0.4, 0.5) is 0 Å². The number of rotatable bonds is 5. The number of hydrogen-bond donors (Lipinski definition) is 1. The third-order valence-electron chi connectivity index (χ3n) is 3.86. The van der Waals surface area contributed by atoms with E-state index in [9.17, 15) is 4.79 Å². The molecule has 0 atom stereocenters.